The van der Waals surface area contributed by atoms with E-state index in [1.165, 1.54) is 4.90 Å². The van der Waals surface area contributed by atoms with Crippen molar-refractivity contribution in [3.63, 3.8) is 0 Å². The summed E-state index contributed by atoms with van der Waals surface area (Å²) in [7, 11) is -1.47. The van der Waals surface area contributed by atoms with E-state index in [0.29, 0.717) is 11.1 Å². The van der Waals surface area contributed by atoms with Crippen molar-refractivity contribution in [3.05, 3.63) is 27.3 Å². The summed E-state index contributed by atoms with van der Waals surface area (Å²) in [6.45, 7) is 6.46. The summed E-state index contributed by atoms with van der Waals surface area (Å²) in [6.07, 6.45) is 2.40. The number of carbonyl (C=O) groups is 2. The van der Waals surface area contributed by atoms with Gasteiger partial charge in [0.1, 0.15) is 0 Å². The summed E-state index contributed by atoms with van der Waals surface area (Å²) in [5.41, 5.74) is 0. The van der Waals surface area contributed by atoms with Crippen molar-refractivity contribution in [1.29, 1.82) is 0 Å². The van der Waals surface area contributed by atoms with Crippen LogP contribution in [-0.4, -0.2) is 30.3 Å². The Balaban J connectivity index is 2.19. The molecule has 18 heavy (non-hydrogen) atoms. The van der Waals surface area contributed by atoms with Gasteiger partial charge in [-0.2, -0.15) is 0 Å². The molecule has 2 amide bonds. The maximum Gasteiger partial charge on any atom is 0.293 e. The maximum atomic E-state index is 12.2. The first kappa shape index (κ1) is 13.6. The number of thiophene rings is 1. The molecule has 1 aromatic heterocycles. The van der Waals surface area contributed by atoms with Gasteiger partial charge in [-0.05, 0) is 29.3 Å². The van der Waals surface area contributed by atoms with Crippen molar-refractivity contribution in [2.24, 2.45) is 0 Å². The van der Waals surface area contributed by atoms with Crippen LogP contribution in [0.4, 0.5) is 4.79 Å². The fourth-order valence-corrected chi connectivity index (χ4v) is 4.52. The van der Waals surface area contributed by atoms with Gasteiger partial charge < -0.3 is 0 Å². The van der Waals surface area contributed by atoms with E-state index in [1.54, 1.807) is 17.4 Å². The first-order valence-electron chi connectivity index (χ1n) is 5.66. The van der Waals surface area contributed by atoms with Gasteiger partial charge in [-0.1, -0.05) is 25.7 Å². The number of hydrogen-bond donors (Lipinski definition) is 0. The van der Waals surface area contributed by atoms with Gasteiger partial charge in [0.25, 0.3) is 11.1 Å². The number of amides is 2. The maximum absolute atomic E-state index is 12.2. The average molecular weight is 297 g/mol. The third-order valence-corrected chi connectivity index (χ3v) is 5.31. The molecule has 2 heterocycles. The molecule has 96 valence electrons. The Kier molecular flexibility index (Phi) is 3.79. The number of imide groups is 1. The molecule has 0 aliphatic carbocycles. The van der Waals surface area contributed by atoms with E-state index in [2.05, 4.69) is 19.6 Å². The van der Waals surface area contributed by atoms with Crippen molar-refractivity contribution in [3.8, 4) is 0 Å². The molecule has 0 unspecified atom stereocenters. The highest BCUT2D eigenvalue weighted by atomic mass is 32.2. The third-order valence-electron chi connectivity index (χ3n) is 2.32. The monoisotopic (exact) mass is 297 g/mol. The van der Waals surface area contributed by atoms with Crippen molar-refractivity contribution in [1.82, 2.24) is 4.90 Å². The van der Waals surface area contributed by atoms with Crippen LogP contribution < -0.4 is 0 Å². The van der Waals surface area contributed by atoms with Gasteiger partial charge in [-0.15, -0.1) is 11.3 Å². The van der Waals surface area contributed by atoms with E-state index < -0.39 is 8.07 Å². The summed E-state index contributed by atoms with van der Waals surface area (Å²) >= 11 is 2.61. The quantitative estimate of drug-likeness (QED) is 0.631. The van der Waals surface area contributed by atoms with Gasteiger partial charge in [-0.3, -0.25) is 14.5 Å². The van der Waals surface area contributed by atoms with Gasteiger partial charge in [0.05, 0.1) is 13.0 Å². The Morgan fingerprint density at radius 3 is 2.61 bits per heavy atom. The Morgan fingerprint density at radius 2 is 2.06 bits per heavy atom. The van der Waals surface area contributed by atoms with Crippen LogP contribution in [0.2, 0.25) is 19.6 Å². The smallest absolute Gasteiger partial charge is 0.272 e. The van der Waals surface area contributed by atoms with E-state index in [9.17, 15) is 9.59 Å². The first-order chi connectivity index (χ1) is 8.37. The van der Waals surface area contributed by atoms with Crippen LogP contribution >= 0.6 is 23.1 Å². The van der Waals surface area contributed by atoms with E-state index in [-0.39, 0.29) is 11.1 Å². The molecular weight excluding hydrogens is 282 g/mol. The lowest BCUT2D eigenvalue weighted by Gasteiger charge is -2.21. The van der Waals surface area contributed by atoms with E-state index in [1.807, 2.05) is 17.5 Å². The minimum Gasteiger partial charge on any atom is -0.272 e. The summed E-state index contributed by atoms with van der Waals surface area (Å²) < 4.78 is 0. The third kappa shape index (κ3) is 3.12. The Labute approximate surface area is 116 Å². The second-order valence-corrected chi connectivity index (χ2v) is 12.8. The summed E-state index contributed by atoms with van der Waals surface area (Å²) in [5.74, 6) is -0.138. The number of nitrogens with zero attached hydrogens (tertiary/aromatic N) is 1. The minimum absolute atomic E-state index is 0.134. The van der Waals surface area contributed by atoms with Crippen LogP contribution in [0, 0.1) is 0 Å². The van der Waals surface area contributed by atoms with E-state index in [0.717, 1.165) is 16.6 Å². The van der Waals surface area contributed by atoms with Crippen molar-refractivity contribution >= 4 is 48.4 Å². The van der Waals surface area contributed by atoms with E-state index in [4.69, 9.17) is 0 Å². The average Bonchev–Trinajstić information content (AvgIpc) is 2.82. The Morgan fingerprint density at radius 1 is 1.33 bits per heavy atom. The zero-order valence-corrected chi connectivity index (χ0v) is 13.2. The fraction of sp³-hybridized carbons (Fsp3) is 0.333. The van der Waals surface area contributed by atoms with E-state index >= 15 is 0 Å². The molecule has 1 aromatic rings. The molecule has 1 aliphatic heterocycles. The standard InChI is InChI=1S/C12H15NO2S2Si/c1-18(2,3)8-13-11(14)10(17-12(13)15)7-9-5-4-6-16-9/h4-7H,8H2,1-3H3/b10-7+. The first-order valence-corrected chi connectivity index (χ1v) is 11.1. The lowest BCUT2D eigenvalue weighted by atomic mass is 10.4. The summed E-state index contributed by atoms with van der Waals surface area (Å²) in [6, 6.07) is 3.87. The minimum atomic E-state index is -1.47. The van der Waals surface area contributed by atoms with Crippen molar-refractivity contribution in [2.45, 2.75) is 19.6 Å². The largest absolute Gasteiger partial charge is 0.293 e. The highest BCUT2D eigenvalue weighted by Crippen LogP contribution is 2.33. The van der Waals surface area contributed by atoms with Gasteiger partial charge >= 0.3 is 0 Å². The van der Waals surface area contributed by atoms with Crippen LogP contribution in [0.25, 0.3) is 6.08 Å². The molecule has 3 nitrogen and oxygen atoms in total. The molecule has 6 heteroatoms. The number of carbonyl (C=O) groups excluding carboxylic acids is 2. The fourth-order valence-electron chi connectivity index (χ4n) is 1.61. The molecule has 1 aliphatic rings. The number of thioether (sulfide) groups is 1. The lowest BCUT2D eigenvalue weighted by molar-refractivity contribution is -0.122. The molecule has 2 rings (SSSR count). The van der Waals surface area contributed by atoms with Crippen LogP contribution in [0.3, 0.4) is 0 Å². The second kappa shape index (κ2) is 5.03. The SMILES string of the molecule is C[Si](C)(C)CN1C(=O)S/C(=C/c2cccs2)C1=O. The predicted molar refractivity (Wildman–Crippen MR) is 80.3 cm³/mol. The molecule has 1 fully saturated rings. The van der Waals surface area contributed by atoms with Gasteiger partial charge in [0.15, 0.2) is 0 Å². The Bertz CT molecular complexity index is 503. The van der Waals surface area contributed by atoms with Crippen LogP contribution in [0.1, 0.15) is 4.88 Å². The molecule has 0 spiro atoms. The van der Waals surface area contributed by atoms with Crippen molar-refractivity contribution < 1.29 is 9.59 Å². The van der Waals surface area contributed by atoms with Crippen molar-refractivity contribution in [2.75, 3.05) is 6.17 Å². The van der Waals surface area contributed by atoms with Gasteiger partial charge in [-0.25, -0.2) is 0 Å². The molecule has 0 bridgehead atoms. The molecule has 0 N–H and O–H groups in total. The Hall–Kier alpha value is -0.853. The van der Waals surface area contributed by atoms with Crippen LogP contribution in [0.5, 0.6) is 0 Å². The predicted octanol–water partition coefficient (Wildman–Crippen LogP) is 3.66. The van der Waals surface area contributed by atoms with Gasteiger partial charge in [0.2, 0.25) is 0 Å². The molecule has 0 atom stereocenters. The molecule has 0 aromatic carbocycles. The summed E-state index contributed by atoms with van der Waals surface area (Å²) in [5, 5.41) is 1.82. The topological polar surface area (TPSA) is 37.4 Å². The lowest BCUT2D eigenvalue weighted by Crippen LogP contribution is -2.42. The zero-order valence-electron chi connectivity index (χ0n) is 10.6. The summed E-state index contributed by atoms with van der Waals surface area (Å²) in [4.78, 5) is 27.0. The molecular formula is C12H15NO2S2Si. The normalized spacial score (nSPS) is 19.1. The number of hydrogen-bond acceptors (Lipinski definition) is 4. The molecule has 0 saturated carbocycles. The van der Waals surface area contributed by atoms with Crippen LogP contribution in [0.15, 0.2) is 22.4 Å². The molecule has 1 saturated heterocycles. The number of rotatable bonds is 3. The second-order valence-electron chi connectivity index (χ2n) is 5.34. The molecule has 0 radical (unpaired) electrons. The highest BCUT2D eigenvalue weighted by Gasteiger charge is 2.37. The zero-order chi connectivity index (χ0) is 13.3. The van der Waals surface area contributed by atoms with Crippen LogP contribution in [-0.2, 0) is 4.79 Å². The van der Waals surface area contributed by atoms with Gasteiger partial charge in [0, 0.05) is 11.0 Å². The highest BCUT2D eigenvalue weighted by molar-refractivity contribution is 8.18.